The Kier molecular flexibility index (Phi) is 4.62. The van der Waals surface area contributed by atoms with Crippen molar-refractivity contribution in [3.63, 3.8) is 0 Å². The molecular weight excluding hydrogens is 224 g/mol. The molecule has 1 fully saturated rings. The van der Waals surface area contributed by atoms with Gasteiger partial charge in [0.1, 0.15) is 0 Å². The second-order valence-electron chi connectivity index (χ2n) is 5.18. The van der Waals surface area contributed by atoms with E-state index >= 15 is 0 Å². The number of amides is 2. The standard InChI is InChI=1S/C15H22N2O/c1-12-7-5-6-10-14(12)17-15(18)16-11-13-8-3-2-4-9-13/h2-4,8-9,12,14H,5-7,10-11H2,1H3,(H2,16,17,18). The molecule has 18 heavy (non-hydrogen) atoms. The molecule has 0 spiro atoms. The fourth-order valence-electron chi connectivity index (χ4n) is 2.53. The number of carbonyl (C=O) groups excluding carboxylic acids is 1. The smallest absolute Gasteiger partial charge is 0.315 e. The summed E-state index contributed by atoms with van der Waals surface area (Å²) in [5.41, 5.74) is 1.13. The molecule has 2 atom stereocenters. The van der Waals surface area contributed by atoms with Crippen molar-refractivity contribution in [2.45, 2.75) is 45.2 Å². The molecule has 1 aromatic carbocycles. The fourth-order valence-corrected chi connectivity index (χ4v) is 2.53. The number of urea groups is 1. The molecule has 2 unspecified atom stereocenters. The van der Waals surface area contributed by atoms with E-state index in [-0.39, 0.29) is 6.03 Å². The predicted octanol–water partition coefficient (Wildman–Crippen LogP) is 3.06. The van der Waals surface area contributed by atoms with Gasteiger partial charge in [0.2, 0.25) is 0 Å². The van der Waals surface area contributed by atoms with E-state index in [2.05, 4.69) is 17.6 Å². The van der Waals surface area contributed by atoms with Gasteiger partial charge in [0.15, 0.2) is 0 Å². The highest BCUT2D eigenvalue weighted by Crippen LogP contribution is 2.23. The monoisotopic (exact) mass is 246 g/mol. The lowest BCUT2D eigenvalue weighted by Crippen LogP contribution is -2.45. The van der Waals surface area contributed by atoms with Crippen LogP contribution < -0.4 is 10.6 Å². The minimum atomic E-state index is -0.0439. The predicted molar refractivity (Wildman–Crippen MR) is 73.2 cm³/mol. The van der Waals surface area contributed by atoms with Gasteiger partial charge in [0.25, 0.3) is 0 Å². The van der Waals surface area contributed by atoms with Crippen LogP contribution in [0, 0.1) is 5.92 Å². The van der Waals surface area contributed by atoms with E-state index in [1.54, 1.807) is 0 Å². The minimum Gasteiger partial charge on any atom is -0.335 e. The van der Waals surface area contributed by atoms with E-state index < -0.39 is 0 Å². The largest absolute Gasteiger partial charge is 0.335 e. The summed E-state index contributed by atoms with van der Waals surface area (Å²) < 4.78 is 0. The van der Waals surface area contributed by atoms with E-state index in [0.29, 0.717) is 18.5 Å². The first-order valence-corrected chi connectivity index (χ1v) is 6.84. The molecule has 98 valence electrons. The molecule has 0 aromatic heterocycles. The molecule has 0 radical (unpaired) electrons. The van der Waals surface area contributed by atoms with Crippen molar-refractivity contribution in [1.29, 1.82) is 0 Å². The van der Waals surface area contributed by atoms with Gasteiger partial charge in [-0.15, -0.1) is 0 Å². The molecule has 3 heteroatoms. The summed E-state index contributed by atoms with van der Waals surface area (Å²) >= 11 is 0. The Bertz CT molecular complexity index is 377. The second kappa shape index (κ2) is 6.43. The molecule has 2 amide bonds. The molecule has 3 nitrogen and oxygen atoms in total. The first kappa shape index (κ1) is 12.9. The molecular formula is C15H22N2O. The topological polar surface area (TPSA) is 41.1 Å². The van der Waals surface area contributed by atoms with Crippen molar-refractivity contribution in [3.8, 4) is 0 Å². The van der Waals surface area contributed by atoms with Gasteiger partial charge in [-0.1, -0.05) is 50.1 Å². The molecule has 0 heterocycles. The molecule has 1 aromatic rings. The molecule has 2 rings (SSSR count). The van der Waals surface area contributed by atoms with Gasteiger partial charge in [0, 0.05) is 12.6 Å². The number of nitrogens with one attached hydrogen (secondary N) is 2. The van der Waals surface area contributed by atoms with Gasteiger partial charge < -0.3 is 10.6 Å². The Balaban J connectivity index is 1.75. The minimum absolute atomic E-state index is 0.0439. The third-order valence-corrected chi connectivity index (χ3v) is 3.72. The summed E-state index contributed by atoms with van der Waals surface area (Å²) in [6.45, 7) is 2.81. The van der Waals surface area contributed by atoms with Gasteiger partial charge in [-0.05, 0) is 24.3 Å². The zero-order chi connectivity index (χ0) is 12.8. The summed E-state index contributed by atoms with van der Waals surface area (Å²) in [5.74, 6) is 0.598. The number of benzene rings is 1. The molecule has 1 aliphatic carbocycles. The van der Waals surface area contributed by atoms with Gasteiger partial charge in [-0.25, -0.2) is 4.79 Å². The number of hydrogen-bond acceptors (Lipinski definition) is 1. The van der Waals surface area contributed by atoms with Crippen LogP contribution in [-0.4, -0.2) is 12.1 Å². The lowest BCUT2D eigenvalue weighted by molar-refractivity contribution is 0.221. The number of hydrogen-bond donors (Lipinski definition) is 2. The Morgan fingerprint density at radius 2 is 1.94 bits per heavy atom. The average molecular weight is 246 g/mol. The quantitative estimate of drug-likeness (QED) is 0.845. The van der Waals surface area contributed by atoms with Crippen LogP contribution in [0.25, 0.3) is 0 Å². The van der Waals surface area contributed by atoms with Crippen molar-refractivity contribution in [3.05, 3.63) is 35.9 Å². The van der Waals surface area contributed by atoms with Crippen molar-refractivity contribution in [2.75, 3.05) is 0 Å². The Labute approximate surface area is 109 Å². The van der Waals surface area contributed by atoms with Gasteiger partial charge in [-0.2, -0.15) is 0 Å². The normalized spacial score (nSPS) is 23.4. The molecule has 2 N–H and O–H groups in total. The van der Waals surface area contributed by atoms with E-state index in [4.69, 9.17) is 0 Å². The Hall–Kier alpha value is -1.51. The molecule has 0 aliphatic heterocycles. The molecule has 1 aliphatic rings. The summed E-state index contributed by atoms with van der Waals surface area (Å²) in [5, 5.41) is 6.01. The zero-order valence-electron chi connectivity index (χ0n) is 11.0. The van der Waals surface area contributed by atoms with E-state index in [1.165, 1.54) is 19.3 Å². The maximum absolute atomic E-state index is 11.8. The van der Waals surface area contributed by atoms with Crippen molar-refractivity contribution in [1.82, 2.24) is 10.6 Å². The van der Waals surface area contributed by atoms with Crippen LogP contribution in [0.1, 0.15) is 38.2 Å². The highest BCUT2D eigenvalue weighted by molar-refractivity contribution is 5.74. The molecule has 0 bridgehead atoms. The molecule has 0 saturated heterocycles. The zero-order valence-corrected chi connectivity index (χ0v) is 11.0. The highest BCUT2D eigenvalue weighted by Gasteiger charge is 2.22. The Morgan fingerprint density at radius 3 is 2.67 bits per heavy atom. The van der Waals surface area contributed by atoms with Crippen LogP contribution in [0.2, 0.25) is 0 Å². The third-order valence-electron chi connectivity index (χ3n) is 3.72. The third kappa shape index (κ3) is 3.76. The van der Waals surface area contributed by atoms with Gasteiger partial charge in [-0.3, -0.25) is 0 Å². The summed E-state index contributed by atoms with van der Waals surface area (Å²) in [6.07, 6.45) is 4.86. The Morgan fingerprint density at radius 1 is 1.22 bits per heavy atom. The van der Waals surface area contributed by atoms with Crippen molar-refractivity contribution < 1.29 is 4.79 Å². The van der Waals surface area contributed by atoms with E-state index in [1.807, 2.05) is 30.3 Å². The lowest BCUT2D eigenvalue weighted by Gasteiger charge is -2.29. The summed E-state index contributed by atoms with van der Waals surface area (Å²) in [7, 11) is 0. The van der Waals surface area contributed by atoms with E-state index in [9.17, 15) is 4.79 Å². The SMILES string of the molecule is CC1CCCCC1NC(=O)NCc1ccccc1. The van der Waals surface area contributed by atoms with Crippen LogP contribution in [0.4, 0.5) is 4.79 Å². The molecule has 1 saturated carbocycles. The fraction of sp³-hybridized carbons (Fsp3) is 0.533. The lowest BCUT2D eigenvalue weighted by atomic mass is 9.86. The van der Waals surface area contributed by atoms with Crippen LogP contribution in [-0.2, 0) is 6.54 Å². The van der Waals surface area contributed by atoms with Crippen molar-refractivity contribution in [2.24, 2.45) is 5.92 Å². The summed E-state index contributed by atoms with van der Waals surface area (Å²) in [4.78, 5) is 11.8. The second-order valence-corrected chi connectivity index (χ2v) is 5.18. The number of rotatable bonds is 3. The van der Waals surface area contributed by atoms with Crippen molar-refractivity contribution >= 4 is 6.03 Å². The van der Waals surface area contributed by atoms with Gasteiger partial charge in [0.05, 0.1) is 0 Å². The van der Waals surface area contributed by atoms with Crippen LogP contribution >= 0.6 is 0 Å². The summed E-state index contributed by atoms with van der Waals surface area (Å²) in [6, 6.07) is 10.3. The first-order chi connectivity index (χ1) is 8.75. The van der Waals surface area contributed by atoms with Crippen LogP contribution in [0.5, 0.6) is 0 Å². The van der Waals surface area contributed by atoms with E-state index in [0.717, 1.165) is 12.0 Å². The maximum Gasteiger partial charge on any atom is 0.315 e. The van der Waals surface area contributed by atoms with Crippen LogP contribution in [0.3, 0.4) is 0 Å². The number of carbonyl (C=O) groups is 1. The van der Waals surface area contributed by atoms with Gasteiger partial charge >= 0.3 is 6.03 Å². The first-order valence-electron chi connectivity index (χ1n) is 6.84. The highest BCUT2D eigenvalue weighted by atomic mass is 16.2. The van der Waals surface area contributed by atoms with Crippen LogP contribution in [0.15, 0.2) is 30.3 Å². The maximum atomic E-state index is 11.8. The average Bonchev–Trinajstić information content (AvgIpc) is 2.40.